The van der Waals surface area contributed by atoms with E-state index in [4.69, 9.17) is 28.4 Å². The third-order valence-corrected chi connectivity index (χ3v) is 6.78. The number of ether oxygens (including phenoxy) is 6. The zero-order chi connectivity index (χ0) is 27.1. The van der Waals surface area contributed by atoms with Crippen LogP contribution in [0.15, 0.2) is 73.3 Å². The van der Waals surface area contributed by atoms with Crippen molar-refractivity contribution in [2.24, 2.45) is 0 Å². The highest BCUT2D eigenvalue weighted by molar-refractivity contribution is 5.14. The van der Waals surface area contributed by atoms with Crippen LogP contribution in [0.25, 0.3) is 0 Å². The van der Waals surface area contributed by atoms with Gasteiger partial charge in [-0.05, 0) is 25.0 Å². The molecule has 0 radical (unpaired) electrons. The molecular formula is C29H38O9. The maximum atomic E-state index is 11.1. The average molecular weight is 531 g/mol. The van der Waals surface area contributed by atoms with E-state index in [-0.39, 0.29) is 19.8 Å². The first-order valence-electron chi connectivity index (χ1n) is 12.9. The van der Waals surface area contributed by atoms with Crippen LogP contribution in [0.1, 0.15) is 25.0 Å². The van der Waals surface area contributed by atoms with Crippen LogP contribution in [-0.4, -0.2) is 83.3 Å². The molecular weight excluding hydrogens is 492 g/mol. The quantitative estimate of drug-likeness (QED) is 0.377. The number of aliphatic hydroxyl groups excluding tert-OH is 3. The van der Waals surface area contributed by atoms with Crippen molar-refractivity contribution in [3.63, 3.8) is 0 Å². The van der Waals surface area contributed by atoms with Gasteiger partial charge in [0.2, 0.25) is 0 Å². The molecule has 0 unspecified atom stereocenters. The standard InChI is InChI=1S/C29H38O9/c1-4-15-33-28-27(35-17-21-13-9-6-10-14-21)25(23(31)19(3)36-28)38-29-26(24(32)22(30)18(2)37-29)34-16-20-11-7-5-8-12-20/h4-14,18-19,22-32H,1,15-17H2,2-3H3/t18-,19-,22+,23+,24+,25+,26-,27-,28+,29-/m0/s1. The Morgan fingerprint density at radius 2 is 1.21 bits per heavy atom. The van der Waals surface area contributed by atoms with E-state index in [1.54, 1.807) is 19.9 Å². The van der Waals surface area contributed by atoms with Gasteiger partial charge in [-0.25, -0.2) is 0 Å². The predicted molar refractivity (Wildman–Crippen MR) is 138 cm³/mol. The number of aliphatic hydroxyl groups is 3. The van der Waals surface area contributed by atoms with Crippen molar-refractivity contribution in [3.8, 4) is 0 Å². The van der Waals surface area contributed by atoms with E-state index < -0.39 is 61.4 Å². The van der Waals surface area contributed by atoms with Crippen LogP contribution in [-0.2, 0) is 41.6 Å². The summed E-state index contributed by atoms with van der Waals surface area (Å²) in [5.74, 6) is 0. The van der Waals surface area contributed by atoms with Crippen molar-refractivity contribution in [1.29, 1.82) is 0 Å². The average Bonchev–Trinajstić information content (AvgIpc) is 2.93. The Morgan fingerprint density at radius 3 is 1.79 bits per heavy atom. The van der Waals surface area contributed by atoms with Gasteiger partial charge in [-0.2, -0.15) is 0 Å². The van der Waals surface area contributed by atoms with Crippen molar-refractivity contribution >= 4 is 0 Å². The summed E-state index contributed by atoms with van der Waals surface area (Å²) >= 11 is 0. The van der Waals surface area contributed by atoms with Crippen LogP contribution in [0.5, 0.6) is 0 Å². The van der Waals surface area contributed by atoms with Crippen LogP contribution < -0.4 is 0 Å². The molecule has 0 aromatic heterocycles. The van der Waals surface area contributed by atoms with Gasteiger partial charge in [0.15, 0.2) is 12.6 Å². The maximum absolute atomic E-state index is 11.1. The number of benzene rings is 2. The van der Waals surface area contributed by atoms with Gasteiger partial charge in [0, 0.05) is 0 Å². The Kier molecular flexibility index (Phi) is 10.4. The molecule has 9 nitrogen and oxygen atoms in total. The molecule has 4 rings (SSSR count). The zero-order valence-corrected chi connectivity index (χ0v) is 21.7. The lowest BCUT2D eigenvalue weighted by Crippen LogP contribution is -2.64. The monoisotopic (exact) mass is 530 g/mol. The van der Waals surface area contributed by atoms with Crippen LogP contribution in [0.4, 0.5) is 0 Å². The van der Waals surface area contributed by atoms with E-state index >= 15 is 0 Å². The Bertz CT molecular complexity index is 975. The third kappa shape index (κ3) is 7.06. The minimum Gasteiger partial charge on any atom is -0.388 e. The molecule has 2 aliphatic heterocycles. The molecule has 0 aliphatic carbocycles. The van der Waals surface area contributed by atoms with E-state index in [0.717, 1.165) is 11.1 Å². The van der Waals surface area contributed by atoms with Gasteiger partial charge < -0.3 is 43.7 Å². The van der Waals surface area contributed by atoms with Gasteiger partial charge in [0.05, 0.1) is 32.0 Å². The molecule has 2 heterocycles. The molecule has 0 bridgehead atoms. The van der Waals surface area contributed by atoms with E-state index in [1.807, 2.05) is 60.7 Å². The minimum atomic E-state index is -1.28. The van der Waals surface area contributed by atoms with Crippen molar-refractivity contribution in [1.82, 2.24) is 0 Å². The van der Waals surface area contributed by atoms with E-state index in [2.05, 4.69) is 6.58 Å². The first kappa shape index (κ1) is 28.8. The van der Waals surface area contributed by atoms with Gasteiger partial charge in [0.25, 0.3) is 0 Å². The maximum Gasteiger partial charge on any atom is 0.187 e. The first-order valence-corrected chi connectivity index (χ1v) is 12.9. The fourth-order valence-corrected chi connectivity index (χ4v) is 4.59. The summed E-state index contributed by atoms with van der Waals surface area (Å²) in [6.07, 6.45) is -8.16. The van der Waals surface area contributed by atoms with E-state index in [9.17, 15) is 15.3 Å². The van der Waals surface area contributed by atoms with Crippen molar-refractivity contribution in [2.45, 2.75) is 88.5 Å². The molecule has 0 saturated carbocycles. The van der Waals surface area contributed by atoms with Gasteiger partial charge >= 0.3 is 0 Å². The zero-order valence-electron chi connectivity index (χ0n) is 21.7. The number of hydrogen-bond donors (Lipinski definition) is 3. The summed E-state index contributed by atoms with van der Waals surface area (Å²) in [6, 6.07) is 19.0. The normalized spacial score (nSPS) is 35.6. The Labute approximate surface area is 223 Å². The lowest BCUT2D eigenvalue weighted by Gasteiger charge is -2.47. The Hall–Kier alpha value is -2.18. The molecule has 2 aromatic rings. The summed E-state index contributed by atoms with van der Waals surface area (Å²) in [5, 5.41) is 32.5. The van der Waals surface area contributed by atoms with Crippen molar-refractivity contribution in [2.75, 3.05) is 6.61 Å². The smallest absolute Gasteiger partial charge is 0.187 e. The molecule has 2 saturated heterocycles. The molecule has 0 spiro atoms. The molecule has 3 N–H and O–H groups in total. The third-order valence-electron chi connectivity index (χ3n) is 6.78. The molecule has 2 fully saturated rings. The summed E-state index contributed by atoms with van der Waals surface area (Å²) < 4.78 is 36.3. The van der Waals surface area contributed by atoms with E-state index in [1.165, 1.54) is 0 Å². The lowest BCUT2D eigenvalue weighted by molar-refractivity contribution is -0.363. The second kappa shape index (κ2) is 13.7. The summed E-state index contributed by atoms with van der Waals surface area (Å²) in [7, 11) is 0. The van der Waals surface area contributed by atoms with Crippen molar-refractivity contribution < 1.29 is 43.7 Å². The molecule has 38 heavy (non-hydrogen) atoms. The van der Waals surface area contributed by atoms with Crippen LogP contribution >= 0.6 is 0 Å². The summed E-state index contributed by atoms with van der Waals surface area (Å²) in [5.41, 5.74) is 1.81. The fraction of sp³-hybridized carbons (Fsp3) is 0.517. The molecule has 2 aliphatic rings. The number of hydrogen-bond acceptors (Lipinski definition) is 9. The van der Waals surface area contributed by atoms with Crippen molar-refractivity contribution in [3.05, 3.63) is 84.4 Å². The number of rotatable bonds is 11. The Morgan fingerprint density at radius 1 is 0.684 bits per heavy atom. The highest BCUT2D eigenvalue weighted by atomic mass is 16.7. The summed E-state index contributed by atoms with van der Waals surface area (Å²) in [6.45, 7) is 7.64. The van der Waals surface area contributed by atoms with Crippen LogP contribution in [0.3, 0.4) is 0 Å². The lowest BCUT2D eigenvalue weighted by atomic mass is 9.97. The Balaban J connectivity index is 1.56. The fourth-order valence-electron chi connectivity index (χ4n) is 4.59. The van der Waals surface area contributed by atoms with Crippen LogP contribution in [0.2, 0.25) is 0 Å². The minimum absolute atomic E-state index is 0.165. The van der Waals surface area contributed by atoms with Gasteiger partial charge in [0.1, 0.15) is 36.6 Å². The largest absolute Gasteiger partial charge is 0.388 e. The molecule has 0 amide bonds. The second-order valence-electron chi connectivity index (χ2n) is 9.64. The van der Waals surface area contributed by atoms with E-state index in [0.29, 0.717) is 0 Å². The topological polar surface area (TPSA) is 116 Å². The summed E-state index contributed by atoms with van der Waals surface area (Å²) in [4.78, 5) is 0. The highest BCUT2D eigenvalue weighted by Gasteiger charge is 2.51. The SMILES string of the molecule is C=CCO[C@@H]1O[C@@H](C)[C@@H](O)[C@@H](O[C@@H]2O[C@@H](C)[C@@H](O)[C@@H](O)[C@@H]2OCc2ccccc2)[C@@H]1OCc1ccccc1. The molecule has 208 valence electrons. The second-order valence-corrected chi connectivity index (χ2v) is 9.64. The highest BCUT2D eigenvalue weighted by Crippen LogP contribution is 2.32. The van der Waals surface area contributed by atoms with Gasteiger partial charge in [-0.3, -0.25) is 0 Å². The predicted octanol–water partition coefficient (Wildman–Crippen LogP) is 2.32. The molecule has 2 aromatic carbocycles. The van der Waals surface area contributed by atoms with Gasteiger partial charge in [-0.1, -0.05) is 66.7 Å². The molecule has 10 atom stereocenters. The van der Waals surface area contributed by atoms with Crippen LogP contribution in [0, 0.1) is 0 Å². The van der Waals surface area contributed by atoms with Gasteiger partial charge in [-0.15, -0.1) is 6.58 Å². The molecule has 9 heteroatoms. The first-order chi connectivity index (χ1) is 18.4.